The van der Waals surface area contributed by atoms with Crippen LogP contribution >= 0.6 is 35.2 Å². The first-order chi connectivity index (χ1) is 27.9. The summed E-state index contributed by atoms with van der Waals surface area (Å²) in [5, 5.41) is 36.8. The minimum atomic E-state index is -5.58. The van der Waals surface area contributed by atoms with Crippen LogP contribution in [0.1, 0.15) is 45.8 Å². The standard InChI is InChI=1S/C30H49N8O18P3S/c1-30(2,24(42)27(43)33-7-6-19(40)32-8-9-60-29(44)20-16-5-4-15(37(16)3)10-17(20)39)12-53-59(50,51)56-58(48,49)52-11-18-23(55-57(45,46)47)22(41)28(54-18)38-14-36-21-25(31)34-13-35-26(21)38/h13-18,20,22-24,28,39,41-42H,4-12H2,1-3H3,(H,32,40)(H,33,43)(H,48,49)(H,50,51)(H2,31,34,35)(H2,45,46,47)/t15?,16?,17-,18+,20-,22+,23+,24-,28+/m0/s1. The number of nitrogens with two attached hydrogens (primary N) is 1. The quantitative estimate of drug-likeness (QED) is 0.0534. The van der Waals surface area contributed by atoms with E-state index in [1.54, 1.807) is 0 Å². The van der Waals surface area contributed by atoms with Gasteiger partial charge in [-0.25, -0.2) is 28.6 Å². The molecule has 5 rings (SSSR count). The molecule has 3 fully saturated rings. The SMILES string of the molecule is CN1C2CCC1[C@H](C(=O)SCCNC(=O)CCNC(=O)[C@H](O)C(C)(C)COP(=O)(O)OP(=O)(O)OC[C@H]1O[C@@H](n3cnc4c(N)ncnc43)[C@H](O)[C@@H]1OP(=O)(O)O)[C@@H](O)C2. The van der Waals surface area contributed by atoms with Gasteiger partial charge in [-0.05, 0) is 26.3 Å². The number of aromatic nitrogens is 4. The maximum Gasteiger partial charge on any atom is 0.481 e. The molecule has 0 spiro atoms. The van der Waals surface area contributed by atoms with Gasteiger partial charge < -0.3 is 56.0 Å². The molecule has 3 saturated heterocycles. The molecule has 338 valence electrons. The number of rotatable bonds is 20. The van der Waals surface area contributed by atoms with Gasteiger partial charge in [0, 0.05) is 42.8 Å². The zero-order valence-electron chi connectivity index (χ0n) is 32.4. The van der Waals surface area contributed by atoms with Gasteiger partial charge in [0.05, 0.1) is 31.6 Å². The number of piperidine rings is 1. The van der Waals surface area contributed by atoms with Crippen molar-refractivity contribution in [2.24, 2.45) is 11.3 Å². The number of thioether (sulfide) groups is 1. The Morgan fingerprint density at radius 1 is 1.05 bits per heavy atom. The van der Waals surface area contributed by atoms with Gasteiger partial charge in [-0.3, -0.25) is 37.4 Å². The third-order valence-electron chi connectivity index (χ3n) is 10.3. The second kappa shape index (κ2) is 19.5. The van der Waals surface area contributed by atoms with Crippen molar-refractivity contribution in [3.63, 3.8) is 0 Å². The average Bonchev–Trinajstić information content (AvgIpc) is 3.78. The van der Waals surface area contributed by atoms with Crippen molar-refractivity contribution in [1.29, 1.82) is 0 Å². The van der Waals surface area contributed by atoms with Crippen molar-refractivity contribution in [3.05, 3.63) is 12.7 Å². The molecule has 30 heteroatoms. The van der Waals surface area contributed by atoms with E-state index in [0.29, 0.717) is 6.42 Å². The summed E-state index contributed by atoms with van der Waals surface area (Å²) >= 11 is 1.03. The number of imidazole rings is 1. The summed E-state index contributed by atoms with van der Waals surface area (Å²) in [5.41, 5.74) is 4.25. The molecule has 0 saturated carbocycles. The highest BCUT2D eigenvalue weighted by molar-refractivity contribution is 8.13. The van der Waals surface area contributed by atoms with E-state index in [1.165, 1.54) is 13.8 Å². The molecular formula is C30H49N8O18P3S. The lowest BCUT2D eigenvalue weighted by molar-refractivity contribution is -0.137. The van der Waals surface area contributed by atoms with Crippen LogP contribution in [-0.4, -0.2) is 158 Å². The molecule has 2 aromatic heterocycles. The van der Waals surface area contributed by atoms with Gasteiger partial charge in [0.25, 0.3) is 0 Å². The van der Waals surface area contributed by atoms with E-state index < -0.39 is 96.6 Å². The van der Waals surface area contributed by atoms with E-state index in [-0.39, 0.29) is 59.4 Å². The van der Waals surface area contributed by atoms with Crippen LogP contribution in [0.5, 0.6) is 0 Å². The van der Waals surface area contributed by atoms with Crippen LogP contribution in [-0.2, 0) is 50.7 Å². The molecule has 60 heavy (non-hydrogen) atoms. The topological polar surface area (TPSA) is 387 Å². The van der Waals surface area contributed by atoms with Crippen LogP contribution in [0.3, 0.4) is 0 Å². The van der Waals surface area contributed by atoms with E-state index in [1.807, 2.05) is 7.05 Å². The average molecular weight is 935 g/mol. The van der Waals surface area contributed by atoms with Crippen molar-refractivity contribution in [3.8, 4) is 0 Å². The van der Waals surface area contributed by atoms with E-state index in [2.05, 4.69) is 39.3 Å². The van der Waals surface area contributed by atoms with Gasteiger partial charge in [0.15, 0.2) is 22.8 Å². The molecule has 2 amide bonds. The smallest absolute Gasteiger partial charge is 0.392 e. The van der Waals surface area contributed by atoms with Crippen molar-refractivity contribution in [2.75, 3.05) is 44.8 Å². The van der Waals surface area contributed by atoms with E-state index in [0.717, 1.165) is 41.8 Å². The monoisotopic (exact) mass is 934 g/mol. The lowest BCUT2D eigenvalue weighted by atomic mass is 9.87. The van der Waals surface area contributed by atoms with Gasteiger partial charge in [-0.2, -0.15) is 4.31 Å². The number of amides is 2. The number of anilines is 1. The Bertz CT molecular complexity index is 2030. The highest BCUT2D eigenvalue weighted by atomic mass is 32.2. The van der Waals surface area contributed by atoms with Crippen molar-refractivity contribution >= 4 is 69.1 Å². The van der Waals surface area contributed by atoms with Gasteiger partial charge in [-0.1, -0.05) is 25.6 Å². The van der Waals surface area contributed by atoms with Gasteiger partial charge >= 0.3 is 23.5 Å². The Kier molecular flexibility index (Phi) is 15.7. The maximum absolute atomic E-state index is 12.8. The molecule has 0 aliphatic carbocycles. The Hall–Kier alpha value is -2.52. The number of aliphatic hydroxyl groups excluding tert-OH is 3. The van der Waals surface area contributed by atoms with Gasteiger partial charge in [0.1, 0.15) is 36.3 Å². The lowest BCUT2D eigenvalue weighted by Crippen LogP contribution is -2.51. The molecule has 11 N–H and O–H groups in total. The number of hydrogen-bond donors (Lipinski definition) is 10. The van der Waals surface area contributed by atoms with Crippen molar-refractivity contribution in [1.82, 2.24) is 35.1 Å². The zero-order valence-corrected chi connectivity index (χ0v) is 35.9. The number of nitrogens with one attached hydrogen (secondary N) is 2. The Morgan fingerprint density at radius 3 is 2.45 bits per heavy atom. The highest BCUT2D eigenvalue weighted by Gasteiger charge is 2.51. The molecule has 5 heterocycles. The molecule has 26 nitrogen and oxygen atoms in total. The summed E-state index contributed by atoms with van der Waals surface area (Å²) in [6.07, 6.45) is -5.36. The van der Waals surface area contributed by atoms with Crippen molar-refractivity contribution in [2.45, 2.75) is 88.4 Å². The van der Waals surface area contributed by atoms with E-state index in [9.17, 15) is 63.0 Å². The maximum atomic E-state index is 12.8. The number of carbonyl (C=O) groups excluding carboxylic acids is 3. The third kappa shape index (κ3) is 12.1. The molecule has 3 aliphatic rings. The minimum Gasteiger partial charge on any atom is -0.392 e. The number of nitrogen functional groups attached to an aromatic ring is 1. The number of fused-ring (bicyclic) bond motifs is 3. The lowest BCUT2D eigenvalue weighted by Gasteiger charge is -2.39. The minimum absolute atomic E-state index is 0.00772. The second-order valence-electron chi connectivity index (χ2n) is 15.0. The molecule has 0 aromatic carbocycles. The molecular weight excluding hydrogens is 885 g/mol. The van der Waals surface area contributed by atoms with E-state index >= 15 is 0 Å². The third-order valence-corrected chi connectivity index (χ3v) is 14.3. The van der Waals surface area contributed by atoms with Crippen LogP contribution in [0.25, 0.3) is 11.2 Å². The Balaban J connectivity index is 1.04. The fourth-order valence-corrected chi connectivity index (χ4v) is 10.9. The summed E-state index contributed by atoms with van der Waals surface area (Å²) in [4.78, 5) is 91.0. The highest BCUT2D eigenvalue weighted by Crippen LogP contribution is 2.61. The van der Waals surface area contributed by atoms with Crippen LogP contribution < -0.4 is 16.4 Å². The van der Waals surface area contributed by atoms with Crippen molar-refractivity contribution < 1.29 is 85.6 Å². The molecule has 4 unspecified atom stereocenters. The molecule has 2 aromatic rings. The number of aliphatic hydroxyl groups is 3. The Morgan fingerprint density at radius 2 is 1.75 bits per heavy atom. The number of nitrogens with zero attached hydrogens (tertiary/aromatic N) is 5. The first-order valence-corrected chi connectivity index (χ1v) is 23.9. The number of hydrogen-bond acceptors (Lipinski definition) is 20. The van der Waals surface area contributed by atoms with E-state index in [4.69, 9.17) is 19.5 Å². The molecule has 0 radical (unpaired) electrons. The summed E-state index contributed by atoms with van der Waals surface area (Å²) in [6, 6.07) is 0.272. The first kappa shape index (κ1) is 48.5. The van der Waals surface area contributed by atoms with Crippen LogP contribution in [0, 0.1) is 11.3 Å². The molecule has 11 atom stereocenters. The number of phosphoric ester groups is 3. The predicted molar refractivity (Wildman–Crippen MR) is 206 cm³/mol. The van der Waals surface area contributed by atoms with Crippen LogP contribution in [0.2, 0.25) is 0 Å². The first-order valence-electron chi connectivity index (χ1n) is 18.4. The zero-order chi connectivity index (χ0) is 44.4. The number of carbonyl (C=O) groups is 3. The predicted octanol–water partition coefficient (Wildman–Crippen LogP) is -1.49. The normalized spacial score (nSPS) is 28.6. The molecule has 3 aliphatic heterocycles. The van der Waals surface area contributed by atoms with Gasteiger partial charge in [0.2, 0.25) is 11.8 Å². The fraction of sp³-hybridized carbons (Fsp3) is 0.733. The van der Waals surface area contributed by atoms with Gasteiger partial charge in [-0.15, -0.1) is 0 Å². The Labute approximate surface area is 346 Å². The second-order valence-corrected chi connectivity index (χ2v) is 20.4. The summed E-state index contributed by atoms with van der Waals surface area (Å²) in [7, 11) is -14.5. The number of phosphoric acid groups is 3. The molecule has 2 bridgehead atoms. The fourth-order valence-electron chi connectivity index (χ4n) is 7.13. The summed E-state index contributed by atoms with van der Waals surface area (Å²) in [6.45, 7) is 0.394. The number of ether oxygens (including phenoxy) is 1. The van der Waals surface area contributed by atoms with Crippen LogP contribution in [0.4, 0.5) is 5.82 Å². The largest absolute Gasteiger partial charge is 0.481 e. The van der Waals surface area contributed by atoms with Crippen LogP contribution in [0.15, 0.2) is 12.7 Å². The summed E-state index contributed by atoms with van der Waals surface area (Å²) in [5.74, 6) is -1.72. The summed E-state index contributed by atoms with van der Waals surface area (Å²) < 4.78 is 62.3.